The molecule has 2 aromatic heterocycles. The van der Waals surface area contributed by atoms with Gasteiger partial charge in [-0.1, -0.05) is 11.6 Å². The highest BCUT2D eigenvalue weighted by atomic mass is 35.5. The summed E-state index contributed by atoms with van der Waals surface area (Å²) in [4.78, 5) is 32.8. The number of halogens is 1. The van der Waals surface area contributed by atoms with Gasteiger partial charge in [0.05, 0.1) is 11.6 Å². The van der Waals surface area contributed by atoms with Crippen molar-refractivity contribution in [1.29, 1.82) is 0 Å². The van der Waals surface area contributed by atoms with Gasteiger partial charge in [0.2, 0.25) is 17.8 Å². The standard InChI is InChI=1S/C20H23ClN8O/c1-12(25-20-24-11-23-19(22)27-20)16-10-14-9-15(21)3-4-17(14)26-18(16)29-7-5-28(6-8-29)13(2)30/h3-4,9-12H,5-8H2,1-2H3,(H3,22,23,24,25,27). The average Bonchev–Trinajstić information content (AvgIpc) is 2.73. The van der Waals surface area contributed by atoms with Gasteiger partial charge in [-0.3, -0.25) is 4.79 Å². The maximum atomic E-state index is 11.7. The second kappa shape index (κ2) is 8.27. The second-order valence-corrected chi connectivity index (χ2v) is 7.70. The third-order valence-corrected chi connectivity index (χ3v) is 5.45. The third kappa shape index (κ3) is 4.20. The number of piperazine rings is 1. The Hall–Kier alpha value is -3.20. The zero-order valence-corrected chi connectivity index (χ0v) is 17.6. The lowest BCUT2D eigenvalue weighted by molar-refractivity contribution is -0.129. The van der Waals surface area contributed by atoms with E-state index in [1.165, 1.54) is 6.33 Å². The van der Waals surface area contributed by atoms with Crippen LogP contribution in [0.3, 0.4) is 0 Å². The van der Waals surface area contributed by atoms with Crippen LogP contribution in [0.25, 0.3) is 10.9 Å². The van der Waals surface area contributed by atoms with E-state index in [0.717, 1.165) is 22.3 Å². The van der Waals surface area contributed by atoms with Crippen LogP contribution < -0.4 is 16.0 Å². The Morgan fingerprint density at radius 3 is 2.63 bits per heavy atom. The van der Waals surface area contributed by atoms with Crippen LogP contribution in [-0.4, -0.2) is 56.9 Å². The molecule has 3 N–H and O–H groups in total. The number of nitrogens with one attached hydrogen (secondary N) is 1. The quantitative estimate of drug-likeness (QED) is 0.654. The minimum atomic E-state index is -0.150. The number of nitrogens with two attached hydrogens (primary N) is 1. The number of fused-ring (bicyclic) bond motifs is 1. The van der Waals surface area contributed by atoms with Crippen LogP contribution >= 0.6 is 11.6 Å². The highest BCUT2D eigenvalue weighted by Crippen LogP contribution is 2.31. The third-order valence-electron chi connectivity index (χ3n) is 5.21. The lowest BCUT2D eigenvalue weighted by atomic mass is 10.0. The van der Waals surface area contributed by atoms with Gasteiger partial charge >= 0.3 is 0 Å². The monoisotopic (exact) mass is 426 g/mol. The van der Waals surface area contributed by atoms with Crippen LogP contribution in [0.2, 0.25) is 5.02 Å². The van der Waals surface area contributed by atoms with Gasteiger partial charge in [0, 0.05) is 49.1 Å². The van der Waals surface area contributed by atoms with Gasteiger partial charge in [-0.25, -0.2) is 15.0 Å². The van der Waals surface area contributed by atoms with Crippen LogP contribution in [-0.2, 0) is 4.79 Å². The number of carbonyl (C=O) groups excluding carboxylic acids is 1. The minimum Gasteiger partial charge on any atom is -0.368 e. The van der Waals surface area contributed by atoms with Crippen LogP contribution in [0.15, 0.2) is 30.6 Å². The van der Waals surface area contributed by atoms with Crippen molar-refractivity contribution in [2.24, 2.45) is 0 Å². The Kier molecular flexibility index (Phi) is 5.54. The molecule has 1 fully saturated rings. The minimum absolute atomic E-state index is 0.0958. The van der Waals surface area contributed by atoms with E-state index in [1.807, 2.05) is 30.0 Å². The molecule has 1 aliphatic rings. The summed E-state index contributed by atoms with van der Waals surface area (Å²) in [5, 5.41) is 4.89. The number of hydrogen-bond donors (Lipinski definition) is 2. The summed E-state index contributed by atoms with van der Waals surface area (Å²) in [6, 6.07) is 7.59. The van der Waals surface area contributed by atoms with E-state index >= 15 is 0 Å². The zero-order valence-electron chi connectivity index (χ0n) is 16.8. The summed E-state index contributed by atoms with van der Waals surface area (Å²) >= 11 is 6.20. The first-order valence-corrected chi connectivity index (χ1v) is 10.1. The maximum Gasteiger partial charge on any atom is 0.227 e. The first kappa shape index (κ1) is 20.1. The van der Waals surface area contributed by atoms with Gasteiger partial charge in [0.25, 0.3) is 0 Å². The molecule has 0 radical (unpaired) electrons. The molecule has 0 saturated carbocycles. The lowest BCUT2D eigenvalue weighted by Crippen LogP contribution is -2.48. The molecule has 10 heteroatoms. The van der Waals surface area contributed by atoms with Crippen molar-refractivity contribution in [3.63, 3.8) is 0 Å². The summed E-state index contributed by atoms with van der Waals surface area (Å²) in [7, 11) is 0. The Bertz CT molecular complexity index is 1080. The summed E-state index contributed by atoms with van der Waals surface area (Å²) in [5.41, 5.74) is 7.53. The van der Waals surface area contributed by atoms with Crippen molar-refractivity contribution in [2.45, 2.75) is 19.9 Å². The molecule has 0 aliphatic carbocycles. The molecule has 1 amide bonds. The van der Waals surface area contributed by atoms with E-state index in [-0.39, 0.29) is 17.9 Å². The number of nitrogen functional groups attached to an aromatic ring is 1. The molecule has 9 nitrogen and oxygen atoms in total. The number of benzene rings is 1. The van der Waals surface area contributed by atoms with Gasteiger partial charge in [-0.2, -0.15) is 4.98 Å². The maximum absolute atomic E-state index is 11.7. The van der Waals surface area contributed by atoms with Crippen molar-refractivity contribution >= 4 is 46.1 Å². The normalized spacial score (nSPS) is 15.3. The molecule has 1 saturated heterocycles. The van der Waals surface area contributed by atoms with Gasteiger partial charge in [-0.05, 0) is 31.2 Å². The predicted molar refractivity (Wildman–Crippen MR) is 117 cm³/mol. The molecule has 4 rings (SSSR count). The summed E-state index contributed by atoms with van der Waals surface area (Å²) in [6.45, 7) is 6.38. The van der Waals surface area contributed by atoms with E-state index in [1.54, 1.807) is 6.92 Å². The second-order valence-electron chi connectivity index (χ2n) is 7.26. The van der Waals surface area contributed by atoms with E-state index < -0.39 is 0 Å². The van der Waals surface area contributed by atoms with Crippen LogP contribution in [0.5, 0.6) is 0 Å². The first-order valence-electron chi connectivity index (χ1n) is 9.72. The number of carbonyl (C=O) groups is 1. The van der Waals surface area contributed by atoms with E-state index in [2.05, 4.69) is 31.2 Å². The first-order chi connectivity index (χ1) is 14.4. The molecule has 1 aliphatic heterocycles. The molecule has 1 aromatic carbocycles. The molecule has 30 heavy (non-hydrogen) atoms. The van der Waals surface area contributed by atoms with Gasteiger partial charge in [-0.15, -0.1) is 0 Å². The summed E-state index contributed by atoms with van der Waals surface area (Å²) in [6.07, 6.45) is 1.37. The number of hydrogen-bond acceptors (Lipinski definition) is 8. The van der Waals surface area contributed by atoms with Crippen LogP contribution in [0.4, 0.5) is 17.7 Å². The Balaban J connectivity index is 1.70. The lowest BCUT2D eigenvalue weighted by Gasteiger charge is -2.36. The number of amides is 1. The fraction of sp³-hybridized carbons (Fsp3) is 0.350. The molecule has 3 heterocycles. The van der Waals surface area contributed by atoms with Gasteiger partial charge < -0.3 is 20.9 Å². The number of rotatable bonds is 4. The fourth-order valence-corrected chi connectivity index (χ4v) is 3.79. The van der Waals surface area contributed by atoms with E-state index in [0.29, 0.717) is 37.1 Å². The molecule has 1 unspecified atom stereocenters. The number of nitrogens with zero attached hydrogens (tertiary/aromatic N) is 6. The van der Waals surface area contributed by atoms with Gasteiger partial charge in [0.15, 0.2) is 0 Å². The number of anilines is 3. The zero-order chi connectivity index (χ0) is 21.3. The highest BCUT2D eigenvalue weighted by Gasteiger charge is 2.24. The smallest absolute Gasteiger partial charge is 0.227 e. The van der Waals surface area contributed by atoms with Gasteiger partial charge in [0.1, 0.15) is 12.1 Å². The summed E-state index contributed by atoms with van der Waals surface area (Å²) in [5.74, 6) is 1.52. The molecular formula is C20H23ClN8O. The molecule has 1 atom stereocenters. The predicted octanol–water partition coefficient (Wildman–Crippen LogP) is 2.50. The van der Waals surface area contributed by atoms with Crippen molar-refractivity contribution in [2.75, 3.05) is 42.1 Å². The number of pyridine rings is 1. The van der Waals surface area contributed by atoms with E-state index in [4.69, 9.17) is 22.3 Å². The summed E-state index contributed by atoms with van der Waals surface area (Å²) < 4.78 is 0. The highest BCUT2D eigenvalue weighted by molar-refractivity contribution is 6.31. The van der Waals surface area contributed by atoms with E-state index in [9.17, 15) is 4.79 Å². The Labute approximate surface area is 179 Å². The SMILES string of the molecule is CC(=O)N1CCN(c2nc3ccc(Cl)cc3cc2C(C)Nc2ncnc(N)n2)CC1. The molecule has 0 spiro atoms. The van der Waals surface area contributed by atoms with Crippen LogP contribution in [0, 0.1) is 0 Å². The largest absolute Gasteiger partial charge is 0.368 e. The fourth-order valence-electron chi connectivity index (χ4n) is 3.61. The van der Waals surface area contributed by atoms with Crippen molar-refractivity contribution < 1.29 is 4.79 Å². The molecule has 156 valence electrons. The van der Waals surface area contributed by atoms with Crippen molar-refractivity contribution in [3.05, 3.63) is 41.2 Å². The average molecular weight is 427 g/mol. The van der Waals surface area contributed by atoms with Crippen molar-refractivity contribution in [1.82, 2.24) is 24.8 Å². The van der Waals surface area contributed by atoms with Crippen molar-refractivity contribution in [3.8, 4) is 0 Å². The Morgan fingerprint density at radius 1 is 1.17 bits per heavy atom. The number of aromatic nitrogens is 4. The molecule has 3 aromatic rings. The topological polar surface area (TPSA) is 113 Å². The molecular weight excluding hydrogens is 404 g/mol. The van der Waals surface area contributed by atoms with Crippen LogP contribution in [0.1, 0.15) is 25.5 Å². The Morgan fingerprint density at radius 2 is 1.93 bits per heavy atom. The molecule has 0 bridgehead atoms.